The molecule has 0 aliphatic heterocycles. The Labute approximate surface area is 303 Å². The topological polar surface area (TPSA) is 136 Å². The van der Waals surface area contributed by atoms with E-state index in [9.17, 15) is 18.4 Å². The molecule has 15 heteroatoms. The molecule has 0 fully saturated rings. The largest absolute Gasteiger partial charge is 0.438 e. The number of hydrogen-bond donors (Lipinski definition) is 2. The van der Waals surface area contributed by atoms with Crippen LogP contribution in [0.25, 0.3) is 44.1 Å². The smallest absolute Gasteiger partial charge is 0.270 e. The first-order valence-electron chi connectivity index (χ1n) is 15.6. The number of nitrogens with zero attached hydrogens (tertiary/aromatic N) is 4. The van der Waals surface area contributed by atoms with Crippen molar-refractivity contribution in [3.05, 3.63) is 94.1 Å². The van der Waals surface area contributed by atoms with Gasteiger partial charge in [-0.3, -0.25) is 9.59 Å². The molecule has 0 unspecified atom stereocenters. The summed E-state index contributed by atoms with van der Waals surface area (Å²) in [6, 6.07) is 12.1. The number of carbonyl (C=O) groups excluding carboxylic acids is 2. The van der Waals surface area contributed by atoms with Crippen LogP contribution in [-0.4, -0.2) is 43.8 Å². The van der Waals surface area contributed by atoms with Gasteiger partial charge in [-0.25, -0.2) is 28.7 Å². The maximum absolute atomic E-state index is 13.2. The highest BCUT2D eigenvalue weighted by Gasteiger charge is 2.23. The minimum absolute atomic E-state index is 0.0257. The average molecular weight is 784 g/mol. The van der Waals surface area contributed by atoms with Crippen molar-refractivity contribution in [3.63, 3.8) is 0 Å². The lowest BCUT2D eigenvalue weighted by atomic mass is 10.1. The summed E-state index contributed by atoms with van der Waals surface area (Å²) in [5.74, 6) is 0.919. The van der Waals surface area contributed by atoms with Crippen LogP contribution < -0.4 is 10.6 Å². The predicted octanol–water partition coefficient (Wildman–Crippen LogP) is 8.94. The van der Waals surface area contributed by atoms with E-state index in [1.165, 1.54) is 46.9 Å². The fourth-order valence-corrected chi connectivity index (χ4v) is 6.27. The van der Waals surface area contributed by atoms with Gasteiger partial charge in [-0.1, -0.05) is 22.9 Å². The molecule has 50 heavy (non-hydrogen) atoms. The fraction of sp³-hybridized carbons (Fsp3) is 0.257. The van der Waals surface area contributed by atoms with Gasteiger partial charge < -0.3 is 19.5 Å². The quantitative estimate of drug-likeness (QED) is 0.132. The normalized spacial score (nSPS) is 11.1. The van der Waals surface area contributed by atoms with E-state index in [1.54, 1.807) is 35.0 Å². The number of aryl methyl sites for hydroxylation is 1. The van der Waals surface area contributed by atoms with E-state index in [1.807, 2.05) is 34.6 Å². The molecular weight excluding hydrogens is 750 g/mol. The number of halogens is 3. The number of hydrogen-bond acceptors (Lipinski definition) is 10. The summed E-state index contributed by atoms with van der Waals surface area (Å²) >= 11 is 5.93. The van der Waals surface area contributed by atoms with Crippen LogP contribution in [0.15, 0.2) is 68.1 Å². The van der Waals surface area contributed by atoms with Gasteiger partial charge in [-0.2, -0.15) is 0 Å². The van der Waals surface area contributed by atoms with Crippen molar-refractivity contribution in [1.29, 1.82) is 0 Å². The van der Waals surface area contributed by atoms with Crippen molar-refractivity contribution in [2.45, 2.75) is 58.5 Å². The second-order valence-corrected chi connectivity index (χ2v) is 13.7. The van der Waals surface area contributed by atoms with Gasteiger partial charge >= 0.3 is 0 Å². The third-order valence-electron chi connectivity index (χ3n) is 6.70. The molecule has 0 radical (unpaired) electrons. The molecule has 0 aliphatic carbocycles. The Kier molecular flexibility index (Phi) is 12.0. The van der Waals surface area contributed by atoms with E-state index in [0.717, 1.165) is 11.1 Å². The minimum atomic E-state index is -0.323. The molecule has 0 saturated carbocycles. The molecule has 0 saturated heterocycles. The average Bonchev–Trinajstić information content (AvgIpc) is 3.90. The Balaban J connectivity index is 0.000000194. The first kappa shape index (κ1) is 36.7. The number of alkyl halides is 1. The molecule has 10 nitrogen and oxygen atoms in total. The van der Waals surface area contributed by atoms with Crippen LogP contribution in [0.1, 0.15) is 67.4 Å². The molecule has 0 spiro atoms. The minimum Gasteiger partial charge on any atom is -0.438 e. The third-order valence-corrected chi connectivity index (χ3v) is 8.86. The molecule has 4 heterocycles. The lowest BCUT2D eigenvalue weighted by Gasteiger charge is -2.05. The second kappa shape index (κ2) is 16.4. The third kappa shape index (κ3) is 8.94. The van der Waals surface area contributed by atoms with Crippen LogP contribution >= 0.6 is 38.6 Å². The van der Waals surface area contributed by atoms with Crippen LogP contribution in [-0.2, 0) is 11.8 Å². The summed E-state index contributed by atoms with van der Waals surface area (Å²) in [6.45, 7) is 9.49. The summed E-state index contributed by atoms with van der Waals surface area (Å²) in [4.78, 5) is 41.9. The SMILES string of the molecule is CC(C)NC(=O)c1csc(-c2oc(CBr)nc2-c2ccc(F)cc2)n1.CCc1nc(-c2ccc(F)cc2)c(-c2nc(C(=O)NC(C)C)cs2)o1. The van der Waals surface area contributed by atoms with E-state index in [4.69, 9.17) is 8.83 Å². The molecule has 6 aromatic rings. The molecular formula is C35H33BrF2N6O4S2. The maximum atomic E-state index is 13.2. The van der Waals surface area contributed by atoms with Gasteiger partial charge in [0.25, 0.3) is 11.8 Å². The molecule has 2 amide bonds. The molecule has 4 aromatic heterocycles. The van der Waals surface area contributed by atoms with Crippen molar-refractivity contribution in [2.75, 3.05) is 0 Å². The van der Waals surface area contributed by atoms with Crippen LogP contribution in [0.2, 0.25) is 0 Å². The molecule has 2 N–H and O–H groups in total. The highest BCUT2D eigenvalue weighted by atomic mass is 79.9. The lowest BCUT2D eigenvalue weighted by Crippen LogP contribution is -2.30. The number of carbonyl (C=O) groups is 2. The van der Waals surface area contributed by atoms with E-state index in [-0.39, 0.29) is 35.5 Å². The number of nitrogens with one attached hydrogen (secondary N) is 2. The highest BCUT2D eigenvalue weighted by Crippen LogP contribution is 2.36. The van der Waals surface area contributed by atoms with Crippen LogP contribution in [0.4, 0.5) is 8.78 Å². The summed E-state index contributed by atoms with van der Waals surface area (Å²) in [5, 5.41) is 10.5. The van der Waals surface area contributed by atoms with E-state index >= 15 is 0 Å². The van der Waals surface area contributed by atoms with E-state index < -0.39 is 0 Å². The molecule has 0 aliphatic rings. The number of aromatic nitrogens is 4. The van der Waals surface area contributed by atoms with Gasteiger partial charge in [0.1, 0.15) is 34.4 Å². The first-order valence-corrected chi connectivity index (χ1v) is 18.4. The highest BCUT2D eigenvalue weighted by molar-refractivity contribution is 9.08. The van der Waals surface area contributed by atoms with Crippen molar-refractivity contribution in [1.82, 2.24) is 30.6 Å². The molecule has 260 valence electrons. The lowest BCUT2D eigenvalue weighted by molar-refractivity contribution is 0.0930. The van der Waals surface area contributed by atoms with Gasteiger partial charge in [0.2, 0.25) is 5.89 Å². The number of thiazole rings is 2. The van der Waals surface area contributed by atoms with Crippen LogP contribution in [0, 0.1) is 11.6 Å². The van der Waals surface area contributed by atoms with Crippen molar-refractivity contribution in [3.8, 4) is 44.1 Å². The second-order valence-electron chi connectivity index (χ2n) is 11.4. The van der Waals surface area contributed by atoms with Gasteiger partial charge in [0, 0.05) is 40.4 Å². The van der Waals surface area contributed by atoms with Crippen LogP contribution in [0.3, 0.4) is 0 Å². The summed E-state index contributed by atoms with van der Waals surface area (Å²) in [7, 11) is 0. The van der Waals surface area contributed by atoms with Gasteiger partial charge in [0.05, 0.1) is 5.33 Å². The monoisotopic (exact) mass is 782 g/mol. The molecule has 2 aromatic carbocycles. The van der Waals surface area contributed by atoms with E-state index in [2.05, 4.69) is 46.5 Å². The zero-order valence-corrected chi connectivity index (χ0v) is 30.9. The summed E-state index contributed by atoms with van der Waals surface area (Å²) in [5.41, 5.74) is 3.30. The standard InChI is InChI=1S/C18H18FN3O2S.C17H15BrFN3O2S/c1-4-14-22-15(11-5-7-12(19)8-6-11)16(24-14)18-21-13(9-25-18)17(23)20-10(2)3;1-9(2)20-16(23)12-8-25-17(21-12)15-14(22-13(7-18)24-15)10-3-5-11(19)6-4-10/h5-10H,4H2,1-3H3,(H,20,23);3-6,8-9H,7H2,1-2H3,(H,20,23). The number of amides is 2. The fourth-order valence-electron chi connectivity index (χ4n) is 4.47. The first-order chi connectivity index (χ1) is 23.9. The number of benzene rings is 2. The number of oxazole rings is 2. The number of rotatable bonds is 10. The zero-order valence-electron chi connectivity index (χ0n) is 27.7. The van der Waals surface area contributed by atoms with E-state index in [0.29, 0.717) is 67.8 Å². The zero-order chi connectivity index (χ0) is 35.9. The Morgan fingerprint density at radius 3 is 1.48 bits per heavy atom. The molecule has 0 atom stereocenters. The Hall–Kier alpha value is -4.60. The maximum Gasteiger partial charge on any atom is 0.270 e. The molecule has 0 bridgehead atoms. The predicted molar refractivity (Wildman–Crippen MR) is 193 cm³/mol. The van der Waals surface area contributed by atoms with Crippen molar-refractivity contribution >= 4 is 50.4 Å². The Bertz CT molecular complexity index is 1920. The summed E-state index contributed by atoms with van der Waals surface area (Å²) < 4.78 is 38.0. The van der Waals surface area contributed by atoms with Gasteiger partial charge in [0.15, 0.2) is 27.4 Å². The Morgan fingerprint density at radius 1 is 0.700 bits per heavy atom. The molecule has 6 rings (SSSR count). The Morgan fingerprint density at radius 2 is 1.10 bits per heavy atom. The van der Waals surface area contributed by atoms with Crippen LogP contribution in [0.5, 0.6) is 0 Å². The van der Waals surface area contributed by atoms with Gasteiger partial charge in [-0.15, -0.1) is 22.7 Å². The van der Waals surface area contributed by atoms with Gasteiger partial charge in [-0.05, 0) is 76.2 Å². The summed E-state index contributed by atoms with van der Waals surface area (Å²) in [6.07, 6.45) is 0.625. The van der Waals surface area contributed by atoms with Crippen molar-refractivity contribution in [2.24, 2.45) is 0 Å². The van der Waals surface area contributed by atoms with Crippen molar-refractivity contribution < 1.29 is 27.2 Å².